The Kier molecular flexibility index (Phi) is 10.9. The van der Waals surface area contributed by atoms with Gasteiger partial charge in [-0.05, 0) is 85.3 Å². The van der Waals surface area contributed by atoms with Crippen LogP contribution in [0.4, 0.5) is 11.4 Å². The maximum atomic E-state index is 13.5. The van der Waals surface area contributed by atoms with E-state index in [4.69, 9.17) is 21.1 Å². The number of halogens is 1. The predicted molar refractivity (Wildman–Crippen MR) is 172 cm³/mol. The number of carbonyl (C=O) groups excluding carboxylic acids is 3. The lowest BCUT2D eigenvalue weighted by molar-refractivity contribution is -0.115. The summed E-state index contributed by atoms with van der Waals surface area (Å²) in [6, 6.07) is 27.8. The quantitative estimate of drug-likeness (QED) is 0.125. The molecule has 4 rings (SSSR count). The zero-order valence-electron chi connectivity index (χ0n) is 23.7. The molecule has 220 valence electrons. The van der Waals surface area contributed by atoms with Crippen molar-refractivity contribution in [2.75, 3.05) is 24.9 Å². The van der Waals surface area contributed by atoms with Crippen molar-refractivity contribution < 1.29 is 23.9 Å². The molecule has 1 unspecified atom stereocenters. The van der Waals surface area contributed by atoms with Crippen molar-refractivity contribution in [1.29, 1.82) is 0 Å². The highest BCUT2D eigenvalue weighted by molar-refractivity contribution is 8.00. The first kappa shape index (κ1) is 31.2. The van der Waals surface area contributed by atoms with Crippen LogP contribution in [-0.2, 0) is 9.59 Å². The van der Waals surface area contributed by atoms with Gasteiger partial charge in [-0.3, -0.25) is 14.4 Å². The van der Waals surface area contributed by atoms with Gasteiger partial charge < -0.3 is 25.4 Å². The summed E-state index contributed by atoms with van der Waals surface area (Å²) in [6.45, 7) is 1.80. The normalized spacial score (nSPS) is 11.7. The first-order valence-electron chi connectivity index (χ1n) is 13.2. The Morgan fingerprint density at radius 1 is 0.791 bits per heavy atom. The fourth-order valence-electron chi connectivity index (χ4n) is 3.93. The SMILES string of the molecule is COc1ccc(/C=C(/NC(=O)c2ccccc2)C(=O)Nc2cccc(SC(C)C(=O)Nc3ccc(Cl)cc3)c2)cc1OC. The molecule has 0 aliphatic carbocycles. The maximum Gasteiger partial charge on any atom is 0.272 e. The van der Waals surface area contributed by atoms with Crippen LogP contribution < -0.4 is 25.4 Å². The van der Waals surface area contributed by atoms with Crippen LogP contribution in [0.1, 0.15) is 22.8 Å². The Labute approximate surface area is 259 Å². The summed E-state index contributed by atoms with van der Waals surface area (Å²) in [4.78, 5) is 40.0. The Balaban J connectivity index is 1.52. The lowest BCUT2D eigenvalue weighted by Crippen LogP contribution is -2.30. The first-order chi connectivity index (χ1) is 20.7. The molecule has 0 heterocycles. The van der Waals surface area contributed by atoms with Crippen molar-refractivity contribution in [2.24, 2.45) is 0 Å². The molecule has 8 nitrogen and oxygen atoms in total. The van der Waals surface area contributed by atoms with Crippen molar-refractivity contribution in [3.05, 3.63) is 119 Å². The molecule has 0 aromatic heterocycles. The molecule has 3 amide bonds. The Hall–Kier alpha value is -4.73. The summed E-state index contributed by atoms with van der Waals surface area (Å²) < 4.78 is 10.7. The number of rotatable bonds is 11. The second-order valence-corrected chi connectivity index (χ2v) is 11.1. The number of anilines is 2. The van der Waals surface area contributed by atoms with Gasteiger partial charge >= 0.3 is 0 Å². The smallest absolute Gasteiger partial charge is 0.272 e. The van der Waals surface area contributed by atoms with E-state index in [0.717, 1.165) is 4.90 Å². The van der Waals surface area contributed by atoms with E-state index in [1.54, 1.807) is 104 Å². The minimum Gasteiger partial charge on any atom is -0.493 e. The fourth-order valence-corrected chi connectivity index (χ4v) is 4.98. The van der Waals surface area contributed by atoms with Gasteiger partial charge in [0.1, 0.15) is 5.70 Å². The van der Waals surface area contributed by atoms with Gasteiger partial charge in [-0.15, -0.1) is 11.8 Å². The topological polar surface area (TPSA) is 106 Å². The van der Waals surface area contributed by atoms with Gasteiger partial charge in [-0.1, -0.05) is 41.9 Å². The Morgan fingerprint density at radius 2 is 1.51 bits per heavy atom. The van der Waals surface area contributed by atoms with E-state index in [0.29, 0.717) is 39.0 Å². The second-order valence-electron chi connectivity index (χ2n) is 9.23. The number of benzene rings is 4. The van der Waals surface area contributed by atoms with E-state index in [-0.39, 0.29) is 11.6 Å². The highest BCUT2D eigenvalue weighted by Gasteiger charge is 2.18. The van der Waals surface area contributed by atoms with E-state index in [2.05, 4.69) is 16.0 Å². The zero-order valence-corrected chi connectivity index (χ0v) is 25.3. The third-order valence-corrected chi connectivity index (χ3v) is 7.48. The van der Waals surface area contributed by atoms with Crippen LogP contribution in [0.25, 0.3) is 6.08 Å². The van der Waals surface area contributed by atoms with Crippen molar-refractivity contribution in [2.45, 2.75) is 17.1 Å². The molecule has 0 saturated carbocycles. The van der Waals surface area contributed by atoms with Crippen molar-refractivity contribution in [3.8, 4) is 11.5 Å². The van der Waals surface area contributed by atoms with E-state index in [9.17, 15) is 14.4 Å². The number of carbonyl (C=O) groups is 3. The van der Waals surface area contributed by atoms with E-state index in [1.807, 2.05) is 6.07 Å². The highest BCUT2D eigenvalue weighted by atomic mass is 35.5. The number of hydrogen-bond donors (Lipinski definition) is 3. The molecular weight excluding hydrogens is 586 g/mol. The minimum atomic E-state index is -0.533. The van der Waals surface area contributed by atoms with Gasteiger partial charge in [-0.2, -0.15) is 0 Å². The Morgan fingerprint density at radius 3 is 2.21 bits per heavy atom. The fraction of sp³-hybridized carbons (Fsp3) is 0.121. The van der Waals surface area contributed by atoms with Crippen LogP contribution >= 0.6 is 23.4 Å². The Bertz CT molecular complexity index is 1630. The van der Waals surface area contributed by atoms with Crippen LogP contribution in [-0.4, -0.2) is 37.2 Å². The monoisotopic (exact) mass is 615 g/mol. The van der Waals surface area contributed by atoms with Gasteiger partial charge in [-0.25, -0.2) is 0 Å². The van der Waals surface area contributed by atoms with Crippen molar-refractivity contribution in [3.63, 3.8) is 0 Å². The summed E-state index contributed by atoms with van der Waals surface area (Å²) in [6.07, 6.45) is 1.56. The minimum absolute atomic E-state index is 0.0230. The third-order valence-electron chi connectivity index (χ3n) is 6.13. The molecule has 43 heavy (non-hydrogen) atoms. The van der Waals surface area contributed by atoms with Gasteiger partial charge in [0.15, 0.2) is 11.5 Å². The van der Waals surface area contributed by atoms with E-state index >= 15 is 0 Å². The van der Waals surface area contributed by atoms with Crippen molar-refractivity contribution >= 4 is 58.5 Å². The van der Waals surface area contributed by atoms with E-state index in [1.165, 1.54) is 26.0 Å². The summed E-state index contributed by atoms with van der Waals surface area (Å²) in [7, 11) is 3.05. The van der Waals surface area contributed by atoms with Crippen LogP contribution in [0, 0.1) is 0 Å². The number of methoxy groups -OCH3 is 2. The molecule has 1 atom stereocenters. The average molecular weight is 616 g/mol. The second kappa shape index (κ2) is 14.9. The molecular formula is C33H30ClN3O5S. The zero-order chi connectivity index (χ0) is 30.8. The van der Waals surface area contributed by atoms with Crippen LogP contribution in [0.2, 0.25) is 5.02 Å². The van der Waals surface area contributed by atoms with Gasteiger partial charge in [0.25, 0.3) is 11.8 Å². The average Bonchev–Trinajstić information content (AvgIpc) is 3.02. The van der Waals surface area contributed by atoms with E-state index < -0.39 is 17.1 Å². The summed E-state index contributed by atoms with van der Waals surface area (Å²) in [5.41, 5.74) is 2.18. The standard InChI is InChI=1S/C33H30ClN3O5S/c1-21(31(38)35-25-15-13-24(34)14-16-25)43-27-11-7-10-26(20-27)36-33(40)28(37-32(39)23-8-5-4-6-9-23)18-22-12-17-29(41-2)30(19-22)42-3/h4-21H,1-3H3,(H,35,38)(H,36,40)(H,37,39)/b28-18+. The van der Waals surface area contributed by atoms with Crippen LogP contribution in [0.3, 0.4) is 0 Å². The molecule has 0 spiro atoms. The molecule has 4 aromatic rings. The number of hydrogen-bond acceptors (Lipinski definition) is 6. The number of thioether (sulfide) groups is 1. The summed E-state index contributed by atoms with van der Waals surface area (Å²) in [5, 5.41) is 8.61. The molecule has 3 N–H and O–H groups in total. The molecule has 0 aliphatic rings. The largest absolute Gasteiger partial charge is 0.493 e. The lowest BCUT2D eigenvalue weighted by atomic mass is 10.1. The number of nitrogens with one attached hydrogen (secondary N) is 3. The van der Waals surface area contributed by atoms with Crippen LogP contribution in [0.15, 0.2) is 108 Å². The molecule has 0 saturated heterocycles. The summed E-state index contributed by atoms with van der Waals surface area (Å²) >= 11 is 7.27. The number of ether oxygens (including phenoxy) is 2. The molecule has 4 aromatic carbocycles. The number of amides is 3. The van der Waals surface area contributed by atoms with Gasteiger partial charge in [0.2, 0.25) is 5.91 Å². The third kappa shape index (κ3) is 8.88. The molecule has 0 bridgehead atoms. The van der Waals surface area contributed by atoms with Crippen molar-refractivity contribution in [1.82, 2.24) is 5.32 Å². The van der Waals surface area contributed by atoms with Gasteiger partial charge in [0, 0.05) is 26.9 Å². The summed E-state index contributed by atoms with van der Waals surface area (Å²) in [5.74, 6) is -0.138. The maximum absolute atomic E-state index is 13.5. The first-order valence-corrected chi connectivity index (χ1v) is 14.5. The molecule has 0 radical (unpaired) electrons. The predicted octanol–water partition coefficient (Wildman–Crippen LogP) is 6.89. The van der Waals surface area contributed by atoms with Gasteiger partial charge in [0.05, 0.1) is 19.5 Å². The highest BCUT2D eigenvalue weighted by Crippen LogP contribution is 2.29. The molecule has 0 fully saturated rings. The van der Waals surface area contributed by atoms with Crippen LogP contribution in [0.5, 0.6) is 11.5 Å². The molecule has 10 heteroatoms. The lowest BCUT2D eigenvalue weighted by Gasteiger charge is -2.14. The molecule has 0 aliphatic heterocycles.